The van der Waals surface area contributed by atoms with Gasteiger partial charge in [-0.3, -0.25) is 9.59 Å². The summed E-state index contributed by atoms with van der Waals surface area (Å²) in [6.45, 7) is 8.82. The zero-order chi connectivity index (χ0) is 25.3. The zero-order valence-electron chi connectivity index (χ0n) is 20.3. The van der Waals surface area contributed by atoms with Gasteiger partial charge in [0.25, 0.3) is 0 Å². The molecule has 10 heteroatoms. The van der Waals surface area contributed by atoms with Crippen molar-refractivity contribution in [2.45, 2.75) is 46.3 Å². The second kappa shape index (κ2) is 10.2. The molecule has 3 aliphatic rings. The quantitative estimate of drug-likeness (QED) is 0.576. The Balaban J connectivity index is 1.61. The molecule has 8 nitrogen and oxygen atoms in total. The lowest BCUT2D eigenvalue weighted by Gasteiger charge is -2.38. The van der Waals surface area contributed by atoms with E-state index in [9.17, 15) is 18.8 Å². The number of halogens is 1. The highest BCUT2D eigenvalue weighted by Crippen LogP contribution is 2.45. The Morgan fingerprint density at radius 3 is 2.34 bits per heavy atom. The lowest BCUT2D eigenvalue weighted by Crippen LogP contribution is -2.50. The third-order valence-electron chi connectivity index (χ3n) is 6.16. The number of esters is 1. The smallest absolute Gasteiger partial charge is 0.338 e. The molecule has 1 saturated heterocycles. The van der Waals surface area contributed by atoms with Crippen molar-refractivity contribution < 1.29 is 23.5 Å². The summed E-state index contributed by atoms with van der Waals surface area (Å²) in [5.74, 6) is -0.919. The highest BCUT2D eigenvalue weighted by Gasteiger charge is 2.41. The molecule has 0 saturated carbocycles. The molecule has 2 amide bonds. The molecule has 1 unspecified atom stereocenters. The van der Waals surface area contributed by atoms with Gasteiger partial charge in [-0.15, -0.1) is 0 Å². The number of benzene rings is 1. The van der Waals surface area contributed by atoms with E-state index < -0.39 is 12.0 Å². The Kier molecular flexibility index (Phi) is 7.30. The van der Waals surface area contributed by atoms with E-state index in [0.29, 0.717) is 53.9 Å². The maximum absolute atomic E-state index is 13.7. The number of aliphatic imine (C=N–C) groups is 1. The number of ether oxygens (including phenoxy) is 1. The summed E-state index contributed by atoms with van der Waals surface area (Å²) < 4.78 is 19.3. The maximum atomic E-state index is 13.7. The fraction of sp³-hybridized carbons (Fsp3) is 0.440. The molecule has 3 heterocycles. The third-order valence-corrected chi connectivity index (χ3v) is 7.05. The molecule has 35 heavy (non-hydrogen) atoms. The molecule has 0 N–H and O–H groups in total. The van der Waals surface area contributed by atoms with Gasteiger partial charge in [0.2, 0.25) is 11.8 Å². The molecule has 1 aromatic rings. The van der Waals surface area contributed by atoms with Gasteiger partial charge in [-0.05, 0) is 43.9 Å². The van der Waals surface area contributed by atoms with E-state index in [1.807, 2.05) is 10.3 Å². The Hall–Kier alpha value is -3.14. The SMILES string of the molecule is CC(=O)N1CCN(C(=O)CC2=CSC3=NC(C)=C(C(=O)OC(C)C)C(c4ccc(F)cc4)N23)CC1. The van der Waals surface area contributed by atoms with Gasteiger partial charge >= 0.3 is 5.97 Å². The van der Waals surface area contributed by atoms with E-state index in [0.717, 1.165) is 0 Å². The number of nitrogens with zero attached hydrogens (tertiary/aromatic N) is 4. The van der Waals surface area contributed by atoms with Crippen LogP contribution in [0.2, 0.25) is 0 Å². The van der Waals surface area contributed by atoms with Crippen LogP contribution in [0.3, 0.4) is 0 Å². The number of piperazine rings is 1. The number of fused-ring (bicyclic) bond motifs is 1. The van der Waals surface area contributed by atoms with Crippen molar-refractivity contribution >= 4 is 34.7 Å². The Bertz CT molecular complexity index is 1120. The monoisotopic (exact) mass is 500 g/mol. The summed E-state index contributed by atoms with van der Waals surface area (Å²) in [5, 5.41) is 2.53. The van der Waals surface area contributed by atoms with Gasteiger partial charge in [0.15, 0.2) is 5.17 Å². The summed E-state index contributed by atoms with van der Waals surface area (Å²) in [7, 11) is 0. The highest BCUT2D eigenvalue weighted by molar-refractivity contribution is 8.16. The number of carbonyl (C=O) groups is 3. The summed E-state index contributed by atoms with van der Waals surface area (Å²) >= 11 is 1.39. The van der Waals surface area contributed by atoms with Crippen LogP contribution in [0.25, 0.3) is 0 Å². The average molecular weight is 501 g/mol. The molecule has 0 aromatic heterocycles. The number of carbonyl (C=O) groups excluding carboxylic acids is 3. The minimum atomic E-state index is -0.599. The number of allylic oxidation sites excluding steroid dienone is 1. The first-order valence-corrected chi connectivity index (χ1v) is 12.5. The summed E-state index contributed by atoms with van der Waals surface area (Å²) in [4.78, 5) is 47.9. The van der Waals surface area contributed by atoms with Crippen molar-refractivity contribution in [3.63, 3.8) is 0 Å². The highest BCUT2D eigenvalue weighted by atomic mass is 32.2. The predicted octanol–water partition coefficient (Wildman–Crippen LogP) is 3.43. The molecular weight excluding hydrogens is 471 g/mol. The number of hydrogen-bond donors (Lipinski definition) is 0. The van der Waals surface area contributed by atoms with Crippen molar-refractivity contribution in [2.75, 3.05) is 26.2 Å². The van der Waals surface area contributed by atoms with Crippen molar-refractivity contribution in [3.05, 3.63) is 58.0 Å². The van der Waals surface area contributed by atoms with Gasteiger partial charge < -0.3 is 19.4 Å². The van der Waals surface area contributed by atoms with Gasteiger partial charge in [-0.25, -0.2) is 14.2 Å². The fourth-order valence-corrected chi connectivity index (χ4v) is 5.37. The van der Waals surface area contributed by atoms with Gasteiger partial charge in [0.1, 0.15) is 5.82 Å². The van der Waals surface area contributed by atoms with E-state index in [1.54, 1.807) is 42.7 Å². The van der Waals surface area contributed by atoms with Gasteiger partial charge in [0, 0.05) is 38.8 Å². The van der Waals surface area contributed by atoms with Gasteiger partial charge in [-0.2, -0.15) is 0 Å². The number of rotatable bonds is 5. The first kappa shape index (κ1) is 25.0. The van der Waals surface area contributed by atoms with E-state index in [2.05, 4.69) is 4.99 Å². The first-order chi connectivity index (χ1) is 16.7. The minimum Gasteiger partial charge on any atom is -0.459 e. The largest absolute Gasteiger partial charge is 0.459 e. The van der Waals surface area contributed by atoms with Crippen LogP contribution in [0.15, 0.2) is 51.6 Å². The van der Waals surface area contributed by atoms with Crippen LogP contribution in [-0.2, 0) is 19.1 Å². The zero-order valence-corrected chi connectivity index (χ0v) is 21.1. The van der Waals surface area contributed by atoms with E-state index in [1.165, 1.54) is 30.8 Å². The molecule has 0 bridgehead atoms. The lowest BCUT2D eigenvalue weighted by atomic mass is 9.93. The summed E-state index contributed by atoms with van der Waals surface area (Å²) in [6.07, 6.45) is -0.199. The average Bonchev–Trinajstić information content (AvgIpc) is 3.20. The van der Waals surface area contributed by atoms with Crippen LogP contribution in [0.5, 0.6) is 0 Å². The fourth-order valence-electron chi connectivity index (χ4n) is 4.41. The summed E-state index contributed by atoms with van der Waals surface area (Å²) in [6, 6.07) is 5.39. The molecule has 186 valence electrons. The molecule has 1 atom stereocenters. The minimum absolute atomic E-state index is 0.00581. The molecule has 3 aliphatic heterocycles. The van der Waals surface area contributed by atoms with E-state index in [4.69, 9.17) is 4.74 Å². The van der Waals surface area contributed by atoms with Crippen molar-refractivity contribution in [2.24, 2.45) is 4.99 Å². The standard InChI is InChI=1S/C25H29FN4O4S/c1-15(2)34-24(33)22-16(3)27-25-30(23(22)18-5-7-19(26)8-6-18)20(14-35-25)13-21(32)29-11-9-28(10-12-29)17(4)31/h5-8,14-15,23H,9-13H2,1-4H3. The predicted molar refractivity (Wildman–Crippen MR) is 131 cm³/mol. The lowest BCUT2D eigenvalue weighted by molar-refractivity contribution is -0.143. The molecule has 1 aromatic carbocycles. The van der Waals surface area contributed by atoms with Crippen molar-refractivity contribution in [1.82, 2.24) is 14.7 Å². The molecule has 0 spiro atoms. The van der Waals surface area contributed by atoms with E-state index >= 15 is 0 Å². The summed E-state index contributed by atoms with van der Waals surface area (Å²) in [5.41, 5.74) is 2.31. The third kappa shape index (κ3) is 5.27. The van der Waals surface area contributed by atoms with Crippen molar-refractivity contribution in [3.8, 4) is 0 Å². The molecule has 4 rings (SSSR count). The molecule has 0 radical (unpaired) electrons. The van der Waals surface area contributed by atoms with Crippen LogP contribution < -0.4 is 0 Å². The topological polar surface area (TPSA) is 82.5 Å². The molecule has 0 aliphatic carbocycles. The van der Waals surface area contributed by atoms with Crippen LogP contribution in [0.1, 0.15) is 45.7 Å². The second-order valence-corrected chi connectivity index (χ2v) is 9.80. The Labute approximate surface area is 208 Å². The second-order valence-electron chi connectivity index (χ2n) is 8.96. The normalized spacial score (nSPS) is 20.1. The van der Waals surface area contributed by atoms with Crippen molar-refractivity contribution in [1.29, 1.82) is 0 Å². The number of amidine groups is 1. The van der Waals surface area contributed by atoms with Gasteiger partial charge in [0.05, 0.1) is 29.8 Å². The van der Waals surface area contributed by atoms with Crippen LogP contribution in [-0.4, -0.2) is 69.9 Å². The maximum Gasteiger partial charge on any atom is 0.338 e. The van der Waals surface area contributed by atoms with Crippen LogP contribution in [0.4, 0.5) is 4.39 Å². The first-order valence-electron chi connectivity index (χ1n) is 11.6. The van der Waals surface area contributed by atoms with E-state index in [-0.39, 0.29) is 30.2 Å². The Morgan fingerprint density at radius 1 is 1.11 bits per heavy atom. The van der Waals surface area contributed by atoms with Crippen LogP contribution >= 0.6 is 11.8 Å². The van der Waals surface area contributed by atoms with Crippen LogP contribution in [0, 0.1) is 5.82 Å². The molecule has 1 fully saturated rings. The van der Waals surface area contributed by atoms with Gasteiger partial charge in [-0.1, -0.05) is 23.9 Å². The Morgan fingerprint density at radius 2 is 1.74 bits per heavy atom. The number of amides is 2. The number of thioether (sulfide) groups is 1. The molecular formula is C25H29FN4O4S. The number of hydrogen-bond acceptors (Lipinski definition) is 7.